The molecule has 2 aromatic heterocycles. The number of sulfone groups is 1. The van der Waals surface area contributed by atoms with Crippen molar-refractivity contribution in [3.63, 3.8) is 0 Å². The second kappa shape index (κ2) is 6.83. The second-order valence-electron chi connectivity index (χ2n) is 5.79. The lowest BCUT2D eigenvalue weighted by molar-refractivity contribution is 0.0957. The van der Waals surface area contributed by atoms with Gasteiger partial charge in [0.05, 0.1) is 27.3 Å². The topological polar surface area (TPSA) is 102 Å². The minimum absolute atomic E-state index is 0.00479. The van der Waals surface area contributed by atoms with Crippen molar-refractivity contribution in [2.24, 2.45) is 0 Å². The molecular weight excluding hydrogens is 361 g/mol. The number of carbonyl (C=O) groups excluding carboxylic acids is 1. The number of pyridine rings is 1. The van der Waals surface area contributed by atoms with Gasteiger partial charge >= 0.3 is 0 Å². The largest absolute Gasteiger partial charge is 0.351 e. The lowest BCUT2D eigenvalue weighted by Crippen LogP contribution is -2.29. The van der Waals surface area contributed by atoms with Crippen LogP contribution in [0.4, 0.5) is 4.39 Å². The van der Waals surface area contributed by atoms with E-state index in [2.05, 4.69) is 15.5 Å². The van der Waals surface area contributed by atoms with Gasteiger partial charge in [-0.1, -0.05) is 5.16 Å². The molecule has 0 fully saturated rings. The zero-order valence-corrected chi connectivity index (χ0v) is 14.9. The predicted octanol–water partition coefficient (Wildman–Crippen LogP) is 2.18. The highest BCUT2D eigenvalue weighted by Crippen LogP contribution is 2.21. The fourth-order valence-electron chi connectivity index (χ4n) is 2.55. The maximum Gasteiger partial charge on any atom is 0.258 e. The van der Waals surface area contributed by atoms with Crippen molar-refractivity contribution in [3.05, 3.63) is 53.1 Å². The molecule has 0 aliphatic carbocycles. The molecule has 3 rings (SSSR count). The predicted molar refractivity (Wildman–Crippen MR) is 92.1 cm³/mol. The second-order valence-corrected chi connectivity index (χ2v) is 7.90. The molecule has 0 spiro atoms. The fourth-order valence-corrected chi connectivity index (χ4v) is 3.71. The summed E-state index contributed by atoms with van der Waals surface area (Å²) in [6.07, 6.45) is 0. The van der Waals surface area contributed by atoms with Gasteiger partial charge < -0.3 is 9.84 Å². The average molecular weight is 377 g/mol. The number of nitrogens with one attached hydrogen (secondary N) is 1. The normalized spacial score (nSPS) is 11.7. The molecule has 0 saturated heterocycles. The SMILES string of the molecule is Cc1cc(C(=O)NCCS(=O)(=O)c2ccc(F)cc2)c2c(C)noc2n1. The Labute approximate surface area is 149 Å². The van der Waals surface area contributed by atoms with Gasteiger partial charge in [-0.2, -0.15) is 0 Å². The lowest BCUT2D eigenvalue weighted by atomic mass is 10.1. The Balaban J connectivity index is 1.74. The number of amides is 1. The third-order valence-electron chi connectivity index (χ3n) is 3.82. The van der Waals surface area contributed by atoms with Crippen LogP contribution >= 0.6 is 0 Å². The molecule has 9 heteroatoms. The summed E-state index contributed by atoms with van der Waals surface area (Å²) in [7, 11) is -3.63. The van der Waals surface area contributed by atoms with E-state index in [0.717, 1.165) is 12.1 Å². The number of halogens is 1. The first-order valence-corrected chi connectivity index (χ1v) is 9.43. The third kappa shape index (κ3) is 3.57. The van der Waals surface area contributed by atoms with Gasteiger partial charge in [0.25, 0.3) is 11.6 Å². The van der Waals surface area contributed by atoms with E-state index in [-0.39, 0.29) is 22.9 Å². The Hall–Kier alpha value is -2.81. The summed E-state index contributed by atoms with van der Waals surface area (Å²) in [5.74, 6) is -1.26. The Morgan fingerprint density at radius 1 is 1.23 bits per heavy atom. The van der Waals surface area contributed by atoms with Crippen LogP contribution in [-0.4, -0.2) is 36.8 Å². The monoisotopic (exact) mass is 377 g/mol. The van der Waals surface area contributed by atoms with E-state index in [0.29, 0.717) is 22.3 Å². The molecule has 0 atom stereocenters. The molecule has 26 heavy (non-hydrogen) atoms. The average Bonchev–Trinajstić information content (AvgIpc) is 2.95. The number of benzene rings is 1. The molecule has 3 aromatic rings. The summed E-state index contributed by atoms with van der Waals surface area (Å²) < 4.78 is 42.5. The molecule has 1 aromatic carbocycles. The summed E-state index contributed by atoms with van der Waals surface area (Å²) in [5.41, 5.74) is 1.69. The van der Waals surface area contributed by atoms with E-state index in [1.807, 2.05) is 0 Å². The minimum Gasteiger partial charge on any atom is -0.351 e. The Bertz CT molecular complexity index is 1080. The van der Waals surface area contributed by atoms with Crippen molar-refractivity contribution in [2.45, 2.75) is 18.7 Å². The van der Waals surface area contributed by atoms with Crippen LogP contribution in [0.3, 0.4) is 0 Å². The summed E-state index contributed by atoms with van der Waals surface area (Å²) in [6.45, 7) is 3.32. The van der Waals surface area contributed by atoms with Crippen LogP contribution in [0.2, 0.25) is 0 Å². The summed E-state index contributed by atoms with van der Waals surface area (Å²) in [4.78, 5) is 16.7. The number of aryl methyl sites for hydroxylation is 2. The van der Waals surface area contributed by atoms with E-state index >= 15 is 0 Å². The minimum atomic E-state index is -3.63. The molecule has 0 radical (unpaired) electrons. The third-order valence-corrected chi connectivity index (χ3v) is 5.55. The van der Waals surface area contributed by atoms with Gasteiger partial charge in [-0.25, -0.2) is 17.8 Å². The van der Waals surface area contributed by atoms with Gasteiger partial charge in [-0.15, -0.1) is 0 Å². The van der Waals surface area contributed by atoms with E-state index in [1.165, 1.54) is 12.1 Å². The number of carbonyl (C=O) groups is 1. The molecule has 0 saturated carbocycles. The van der Waals surface area contributed by atoms with E-state index in [4.69, 9.17) is 4.52 Å². The summed E-state index contributed by atoms with van der Waals surface area (Å²) in [5, 5.41) is 6.88. The van der Waals surface area contributed by atoms with E-state index in [9.17, 15) is 17.6 Å². The lowest BCUT2D eigenvalue weighted by Gasteiger charge is -2.08. The first-order chi connectivity index (χ1) is 12.3. The molecule has 0 aliphatic heterocycles. The number of aromatic nitrogens is 2. The molecular formula is C17H16FN3O4S. The maximum atomic E-state index is 12.9. The van der Waals surface area contributed by atoms with Crippen molar-refractivity contribution in [3.8, 4) is 0 Å². The standard InChI is InChI=1S/C17H16FN3O4S/c1-10-9-14(15-11(2)21-25-17(15)20-10)16(22)19-7-8-26(23,24)13-5-3-12(18)4-6-13/h3-6,9H,7-8H2,1-2H3,(H,19,22). The number of fused-ring (bicyclic) bond motifs is 1. The van der Waals surface area contributed by atoms with Crippen molar-refractivity contribution >= 4 is 26.8 Å². The first kappa shape index (κ1) is 18.0. The summed E-state index contributed by atoms with van der Waals surface area (Å²) >= 11 is 0. The van der Waals surface area contributed by atoms with Gasteiger partial charge in [-0.3, -0.25) is 4.79 Å². The van der Waals surface area contributed by atoms with Crippen molar-refractivity contribution in [1.29, 1.82) is 0 Å². The quantitative estimate of drug-likeness (QED) is 0.684. The van der Waals surface area contributed by atoms with Crippen molar-refractivity contribution in [1.82, 2.24) is 15.5 Å². The van der Waals surface area contributed by atoms with E-state index < -0.39 is 21.6 Å². The van der Waals surface area contributed by atoms with E-state index in [1.54, 1.807) is 19.9 Å². The molecule has 0 aliphatic rings. The molecule has 136 valence electrons. The molecule has 2 heterocycles. The van der Waals surface area contributed by atoms with Crippen molar-refractivity contribution < 1.29 is 22.1 Å². The number of nitrogens with zero attached hydrogens (tertiary/aromatic N) is 2. The van der Waals surface area contributed by atoms with Gasteiger partial charge in [0.1, 0.15) is 5.82 Å². The van der Waals surface area contributed by atoms with Crippen LogP contribution in [0.1, 0.15) is 21.7 Å². The number of hydrogen-bond acceptors (Lipinski definition) is 6. The van der Waals surface area contributed by atoms with Gasteiger partial charge in [0.2, 0.25) is 0 Å². The van der Waals surface area contributed by atoms with Crippen LogP contribution < -0.4 is 5.32 Å². The highest BCUT2D eigenvalue weighted by atomic mass is 32.2. The van der Waals surface area contributed by atoms with Crippen LogP contribution in [0.25, 0.3) is 11.1 Å². The Kier molecular flexibility index (Phi) is 4.73. The molecule has 0 bridgehead atoms. The van der Waals surface area contributed by atoms with Gasteiger partial charge in [-0.05, 0) is 44.2 Å². The van der Waals surface area contributed by atoms with Gasteiger partial charge in [0.15, 0.2) is 9.84 Å². The van der Waals surface area contributed by atoms with Crippen molar-refractivity contribution in [2.75, 3.05) is 12.3 Å². The molecule has 0 unspecified atom stereocenters. The van der Waals surface area contributed by atoms with Crippen LogP contribution in [0.5, 0.6) is 0 Å². The van der Waals surface area contributed by atoms with Crippen LogP contribution in [0.15, 0.2) is 39.8 Å². The Morgan fingerprint density at radius 2 is 1.92 bits per heavy atom. The van der Waals surface area contributed by atoms with Gasteiger partial charge in [0, 0.05) is 12.2 Å². The van der Waals surface area contributed by atoms with Crippen LogP contribution in [0, 0.1) is 19.7 Å². The summed E-state index contributed by atoms with van der Waals surface area (Å²) in [6, 6.07) is 6.15. The first-order valence-electron chi connectivity index (χ1n) is 7.78. The van der Waals surface area contributed by atoms with Crippen LogP contribution in [-0.2, 0) is 9.84 Å². The smallest absolute Gasteiger partial charge is 0.258 e. The fraction of sp³-hybridized carbons (Fsp3) is 0.235. The maximum absolute atomic E-state index is 12.9. The number of rotatable bonds is 5. The Morgan fingerprint density at radius 3 is 2.62 bits per heavy atom. The molecule has 7 nitrogen and oxygen atoms in total. The molecule has 1 N–H and O–H groups in total. The molecule has 1 amide bonds. The zero-order chi connectivity index (χ0) is 18.9. The highest BCUT2D eigenvalue weighted by Gasteiger charge is 2.19. The highest BCUT2D eigenvalue weighted by molar-refractivity contribution is 7.91. The number of hydrogen-bond donors (Lipinski definition) is 1. The zero-order valence-electron chi connectivity index (χ0n) is 14.1.